The fourth-order valence-corrected chi connectivity index (χ4v) is 5.96. The third-order valence-corrected chi connectivity index (χ3v) is 8.90. The molecule has 0 bridgehead atoms. The molecule has 2 N–H and O–H groups in total. The molecule has 3 aromatic carbocycles. The Morgan fingerprint density at radius 3 is 1.73 bits per heavy atom. The molecule has 1 saturated carbocycles. The molecule has 1 aliphatic carbocycles. The third-order valence-electron chi connectivity index (χ3n) is 8.90. The summed E-state index contributed by atoms with van der Waals surface area (Å²) in [6, 6.07) is 22.2. The number of hydrogen-bond acceptors (Lipinski definition) is 4. The van der Waals surface area contributed by atoms with Gasteiger partial charge in [-0.15, -0.1) is 0 Å². The largest absolute Gasteiger partial charge is 0.493 e. The molecule has 4 rings (SSSR count). The van der Waals surface area contributed by atoms with Crippen molar-refractivity contribution in [3.05, 3.63) is 108 Å². The van der Waals surface area contributed by atoms with Crippen molar-refractivity contribution in [1.29, 1.82) is 0 Å². The Hall–Kier alpha value is -3.99. The van der Waals surface area contributed by atoms with Crippen LogP contribution in [0.2, 0.25) is 0 Å². The SMILES string of the molecule is C=C(CO)CCOc1cc(OCCC(=C)CO)cc(-c2ccc(C#Cc3ccc(C4CCC(CCCCC(F)(F)F)CC4)cc3)cc2)c1. The number of aliphatic hydroxyl groups is 2. The van der Waals surface area contributed by atoms with Gasteiger partial charge in [-0.05, 0) is 108 Å². The van der Waals surface area contributed by atoms with E-state index in [-0.39, 0.29) is 19.6 Å². The van der Waals surface area contributed by atoms with E-state index in [1.165, 1.54) is 5.56 Å². The summed E-state index contributed by atoms with van der Waals surface area (Å²) in [6.07, 6.45) is 2.53. The molecule has 0 amide bonds. The number of ether oxygens (including phenoxy) is 2. The molecule has 1 fully saturated rings. The number of hydrogen-bond donors (Lipinski definition) is 2. The van der Waals surface area contributed by atoms with Crippen molar-refractivity contribution in [2.45, 2.75) is 76.3 Å². The van der Waals surface area contributed by atoms with Crippen LogP contribution in [0.3, 0.4) is 0 Å². The van der Waals surface area contributed by atoms with Gasteiger partial charge in [-0.1, -0.05) is 62.1 Å². The van der Waals surface area contributed by atoms with E-state index < -0.39 is 12.6 Å². The summed E-state index contributed by atoms with van der Waals surface area (Å²) >= 11 is 0. The topological polar surface area (TPSA) is 58.9 Å². The summed E-state index contributed by atoms with van der Waals surface area (Å²) in [6.45, 7) is 8.26. The van der Waals surface area contributed by atoms with Crippen molar-refractivity contribution in [3.63, 3.8) is 0 Å². The maximum atomic E-state index is 12.4. The number of benzene rings is 3. The Balaban J connectivity index is 1.33. The quantitative estimate of drug-likeness (QED) is 0.0913. The van der Waals surface area contributed by atoms with Gasteiger partial charge in [-0.2, -0.15) is 13.2 Å². The van der Waals surface area contributed by atoms with E-state index in [2.05, 4.69) is 49.3 Å². The summed E-state index contributed by atoms with van der Waals surface area (Å²) in [5, 5.41) is 18.5. The van der Waals surface area contributed by atoms with Gasteiger partial charge in [-0.25, -0.2) is 0 Å². The minimum Gasteiger partial charge on any atom is -0.493 e. The molecule has 0 radical (unpaired) electrons. The summed E-state index contributed by atoms with van der Waals surface area (Å²) < 4.78 is 49.1. The first-order chi connectivity index (χ1) is 23.1. The van der Waals surface area contributed by atoms with Crippen molar-refractivity contribution >= 4 is 0 Å². The van der Waals surface area contributed by atoms with Crippen molar-refractivity contribution in [2.24, 2.45) is 5.92 Å². The van der Waals surface area contributed by atoms with E-state index in [0.717, 1.165) is 54.4 Å². The minimum atomic E-state index is -4.04. The molecule has 4 nitrogen and oxygen atoms in total. The monoisotopic (exact) mass is 660 g/mol. The normalized spacial score (nSPS) is 16.1. The van der Waals surface area contributed by atoms with Crippen LogP contribution in [-0.2, 0) is 0 Å². The summed E-state index contributed by atoms with van der Waals surface area (Å²) in [5.74, 6) is 8.87. The van der Waals surface area contributed by atoms with Crippen LogP contribution < -0.4 is 9.47 Å². The number of unbranched alkanes of at least 4 members (excludes halogenated alkanes) is 1. The molecule has 0 saturated heterocycles. The van der Waals surface area contributed by atoms with Gasteiger partial charge in [0, 0.05) is 36.5 Å². The van der Waals surface area contributed by atoms with Gasteiger partial charge in [0.25, 0.3) is 0 Å². The first kappa shape index (κ1) is 36.8. The average molecular weight is 661 g/mol. The van der Waals surface area contributed by atoms with Gasteiger partial charge in [0.1, 0.15) is 11.5 Å². The molecule has 48 heavy (non-hydrogen) atoms. The Kier molecular flexibility index (Phi) is 14.2. The van der Waals surface area contributed by atoms with Crippen molar-refractivity contribution in [2.75, 3.05) is 26.4 Å². The van der Waals surface area contributed by atoms with Gasteiger partial charge >= 0.3 is 6.18 Å². The van der Waals surface area contributed by atoms with Crippen LogP contribution in [0, 0.1) is 17.8 Å². The zero-order chi connectivity index (χ0) is 34.4. The number of rotatable bonds is 16. The van der Waals surface area contributed by atoms with Gasteiger partial charge in [-0.3, -0.25) is 0 Å². The van der Waals surface area contributed by atoms with Crippen LogP contribution in [0.15, 0.2) is 91.0 Å². The molecule has 0 atom stereocenters. The van der Waals surface area contributed by atoms with Gasteiger partial charge in [0.15, 0.2) is 0 Å². The number of aliphatic hydroxyl groups excluding tert-OH is 2. The predicted octanol–water partition coefficient (Wildman–Crippen LogP) is 9.78. The number of halogens is 3. The van der Waals surface area contributed by atoms with Crippen LogP contribution in [-0.4, -0.2) is 42.8 Å². The highest BCUT2D eigenvalue weighted by molar-refractivity contribution is 5.68. The lowest BCUT2D eigenvalue weighted by molar-refractivity contribution is -0.135. The smallest absolute Gasteiger partial charge is 0.389 e. The molecule has 0 spiro atoms. The maximum Gasteiger partial charge on any atom is 0.389 e. The van der Waals surface area contributed by atoms with Crippen LogP contribution in [0.25, 0.3) is 11.1 Å². The predicted molar refractivity (Wildman–Crippen MR) is 186 cm³/mol. The molecule has 0 aromatic heterocycles. The zero-order valence-electron chi connectivity index (χ0n) is 27.7. The average Bonchev–Trinajstić information content (AvgIpc) is 3.09. The second-order valence-corrected chi connectivity index (χ2v) is 12.7. The molecular formula is C41H47F3O4. The minimum absolute atomic E-state index is 0.0723. The fourth-order valence-electron chi connectivity index (χ4n) is 5.96. The first-order valence-electron chi connectivity index (χ1n) is 16.9. The van der Waals surface area contributed by atoms with Crippen LogP contribution in [0.5, 0.6) is 11.5 Å². The lowest BCUT2D eigenvalue weighted by Gasteiger charge is -2.29. The second kappa shape index (κ2) is 18.5. The highest BCUT2D eigenvalue weighted by Crippen LogP contribution is 2.38. The van der Waals surface area contributed by atoms with Gasteiger partial charge in [0.05, 0.1) is 26.4 Å². The van der Waals surface area contributed by atoms with Crippen molar-refractivity contribution < 1.29 is 32.9 Å². The Morgan fingerprint density at radius 2 is 1.23 bits per heavy atom. The lowest BCUT2D eigenvalue weighted by Crippen LogP contribution is -2.14. The van der Waals surface area contributed by atoms with E-state index in [1.54, 1.807) is 0 Å². The van der Waals surface area contributed by atoms with Crippen LogP contribution >= 0.6 is 0 Å². The molecule has 0 unspecified atom stereocenters. The standard InChI is InChI=1S/C41H47F3O4/c1-30(28-45)20-23-47-39-25-38(26-40(27-39)48-24-21-31(2)29-46)37-18-12-34(13-19-37)7-6-33-10-16-36(17-11-33)35-14-8-32(9-15-35)5-3-4-22-41(42,43)44/h10-13,16-19,25-27,32,35,45-46H,1-5,8-9,14-15,20-24,28-29H2. The van der Waals surface area contributed by atoms with Crippen molar-refractivity contribution in [3.8, 4) is 34.5 Å². The van der Waals surface area contributed by atoms with E-state index in [0.29, 0.717) is 67.0 Å². The van der Waals surface area contributed by atoms with E-state index in [1.807, 2.05) is 42.5 Å². The Morgan fingerprint density at radius 1 is 0.708 bits per heavy atom. The molecule has 256 valence electrons. The first-order valence-corrected chi connectivity index (χ1v) is 16.9. The molecule has 3 aromatic rings. The third kappa shape index (κ3) is 12.6. The summed E-state index contributed by atoms with van der Waals surface area (Å²) in [7, 11) is 0. The summed E-state index contributed by atoms with van der Waals surface area (Å²) in [4.78, 5) is 0. The molecule has 1 aliphatic rings. The Bertz CT molecular complexity index is 1480. The fraction of sp³-hybridized carbons (Fsp3) is 0.415. The number of alkyl halides is 3. The Labute approximate surface area is 283 Å². The van der Waals surface area contributed by atoms with E-state index in [4.69, 9.17) is 9.47 Å². The summed E-state index contributed by atoms with van der Waals surface area (Å²) in [5.41, 5.74) is 6.47. The molecule has 7 heteroatoms. The zero-order valence-corrected chi connectivity index (χ0v) is 27.7. The van der Waals surface area contributed by atoms with Gasteiger partial charge in [0.2, 0.25) is 0 Å². The van der Waals surface area contributed by atoms with Crippen molar-refractivity contribution in [1.82, 2.24) is 0 Å². The highest BCUT2D eigenvalue weighted by atomic mass is 19.4. The maximum absolute atomic E-state index is 12.4. The lowest BCUT2D eigenvalue weighted by atomic mass is 9.77. The highest BCUT2D eigenvalue weighted by Gasteiger charge is 2.27. The van der Waals surface area contributed by atoms with Crippen LogP contribution in [0.4, 0.5) is 13.2 Å². The second-order valence-electron chi connectivity index (χ2n) is 12.7. The molecular weight excluding hydrogens is 613 g/mol. The molecule has 0 heterocycles. The van der Waals surface area contributed by atoms with E-state index >= 15 is 0 Å². The van der Waals surface area contributed by atoms with E-state index in [9.17, 15) is 23.4 Å². The van der Waals surface area contributed by atoms with Crippen LogP contribution in [0.1, 0.15) is 86.8 Å². The van der Waals surface area contributed by atoms with Gasteiger partial charge < -0.3 is 19.7 Å². The molecule has 0 aliphatic heterocycles.